The number of β-amino-alcohol motifs (C(OH)–C–C–N with tert-alkyl or cyclic N) is 1. The molecule has 0 radical (unpaired) electrons. The molecule has 1 aliphatic rings. The SMILES string of the molecule is CC(=O)NC1CC(CCO)CN(CCO)C1. The zero-order valence-corrected chi connectivity index (χ0v) is 9.85. The third kappa shape index (κ3) is 4.47. The van der Waals surface area contributed by atoms with E-state index in [1.807, 2.05) is 0 Å². The highest BCUT2D eigenvalue weighted by Gasteiger charge is 2.26. The van der Waals surface area contributed by atoms with Crippen molar-refractivity contribution in [2.75, 3.05) is 32.8 Å². The highest BCUT2D eigenvalue weighted by molar-refractivity contribution is 5.73. The molecule has 1 rings (SSSR count). The van der Waals surface area contributed by atoms with Gasteiger partial charge in [0.15, 0.2) is 0 Å². The Kier molecular flexibility index (Phi) is 5.73. The predicted octanol–water partition coefficient (Wildman–Crippen LogP) is -0.812. The van der Waals surface area contributed by atoms with Crippen LogP contribution < -0.4 is 5.32 Å². The van der Waals surface area contributed by atoms with E-state index in [9.17, 15) is 4.79 Å². The summed E-state index contributed by atoms with van der Waals surface area (Å²) in [5.41, 5.74) is 0. The van der Waals surface area contributed by atoms with Crippen molar-refractivity contribution in [3.63, 3.8) is 0 Å². The summed E-state index contributed by atoms with van der Waals surface area (Å²) in [6.07, 6.45) is 1.68. The van der Waals surface area contributed by atoms with Crippen LogP contribution in [0.15, 0.2) is 0 Å². The van der Waals surface area contributed by atoms with Crippen LogP contribution in [-0.2, 0) is 4.79 Å². The first-order valence-electron chi connectivity index (χ1n) is 5.87. The smallest absolute Gasteiger partial charge is 0.217 e. The summed E-state index contributed by atoms with van der Waals surface area (Å²) in [6, 6.07) is 0.148. The summed E-state index contributed by atoms with van der Waals surface area (Å²) >= 11 is 0. The summed E-state index contributed by atoms with van der Waals surface area (Å²) in [4.78, 5) is 13.2. The highest BCUT2D eigenvalue weighted by Crippen LogP contribution is 2.19. The van der Waals surface area contributed by atoms with Crippen molar-refractivity contribution < 1.29 is 15.0 Å². The molecule has 0 spiro atoms. The molecule has 16 heavy (non-hydrogen) atoms. The fraction of sp³-hybridized carbons (Fsp3) is 0.909. The van der Waals surface area contributed by atoms with E-state index in [0.717, 1.165) is 25.9 Å². The molecule has 1 saturated heterocycles. The summed E-state index contributed by atoms with van der Waals surface area (Å²) in [5, 5.41) is 20.8. The van der Waals surface area contributed by atoms with Crippen molar-refractivity contribution in [2.45, 2.75) is 25.8 Å². The molecule has 3 N–H and O–H groups in total. The third-order valence-electron chi connectivity index (χ3n) is 2.97. The van der Waals surface area contributed by atoms with Crippen molar-refractivity contribution in [1.82, 2.24) is 10.2 Å². The molecule has 0 aromatic heterocycles. The van der Waals surface area contributed by atoms with Crippen molar-refractivity contribution in [1.29, 1.82) is 0 Å². The predicted molar refractivity (Wildman–Crippen MR) is 60.9 cm³/mol. The maximum absolute atomic E-state index is 11.0. The number of likely N-dealkylation sites (tertiary alicyclic amines) is 1. The lowest BCUT2D eigenvalue weighted by Gasteiger charge is -2.37. The van der Waals surface area contributed by atoms with Crippen LogP contribution in [0.4, 0.5) is 0 Å². The van der Waals surface area contributed by atoms with Gasteiger partial charge in [0.2, 0.25) is 5.91 Å². The summed E-state index contributed by atoms with van der Waals surface area (Å²) < 4.78 is 0. The molecule has 0 aromatic carbocycles. The summed E-state index contributed by atoms with van der Waals surface area (Å²) in [5.74, 6) is 0.390. The van der Waals surface area contributed by atoms with Crippen molar-refractivity contribution in [2.24, 2.45) is 5.92 Å². The third-order valence-corrected chi connectivity index (χ3v) is 2.97. The normalized spacial score (nSPS) is 26.7. The van der Waals surface area contributed by atoms with E-state index in [1.165, 1.54) is 6.92 Å². The van der Waals surface area contributed by atoms with Gasteiger partial charge in [0.05, 0.1) is 6.61 Å². The van der Waals surface area contributed by atoms with Crippen molar-refractivity contribution >= 4 is 5.91 Å². The van der Waals surface area contributed by atoms with Crippen molar-refractivity contribution in [3.8, 4) is 0 Å². The second-order valence-electron chi connectivity index (χ2n) is 4.49. The molecule has 0 aliphatic carbocycles. The van der Waals surface area contributed by atoms with Crippen LogP contribution in [0.2, 0.25) is 0 Å². The van der Waals surface area contributed by atoms with Gasteiger partial charge in [0, 0.05) is 39.2 Å². The molecule has 1 amide bonds. The van der Waals surface area contributed by atoms with Crippen LogP contribution in [0, 0.1) is 5.92 Å². The number of carbonyl (C=O) groups excluding carboxylic acids is 1. The largest absolute Gasteiger partial charge is 0.396 e. The summed E-state index contributed by atoms with van der Waals surface area (Å²) in [6.45, 7) is 4.17. The highest BCUT2D eigenvalue weighted by atomic mass is 16.3. The number of hydrogen-bond donors (Lipinski definition) is 3. The van der Waals surface area contributed by atoms with Gasteiger partial charge in [-0.1, -0.05) is 0 Å². The fourth-order valence-electron chi connectivity index (χ4n) is 2.41. The zero-order valence-electron chi connectivity index (χ0n) is 9.85. The average molecular weight is 230 g/mol. The van der Waals surface area contributed by atoms with Gasteiger partial charge in [-0.25, -0.2) is 0 Å². The van der Waals surface area contributed by atoms with Gasteiger partial charge >= 0.3 is 0 Å². The lowest BCUT2D eigenvalue weighted by atomic mass is 9.91. The zero-order chi connectivity index (χ0) is 12.0. The standard InChI is InChI=1S/C11H22N2O3/c1-9(16)12-11-6-10(2-4-14)7-13(8-11)3-5-15/h10-11,14-15H,2-8H2,1H3,(H,12,16). The van der Waals surface area contributed by atoms with E-state index in [1.54, 1.807) is 0 Å². The molecule has 2 unspecified atom stereocenters. The second kappa shape index (κ2) is 6.83. The maximum atomic E-state index is 11.0. The fourth-order valence-corrected chi connectivity index (χ4v) is 2.41. The Morgan fingerprint density at radius 3 is 2.69 bits per heavy atom. The molecule has 5 nitrogen and oxygen atoms in total. The second-order valence-corrected chi connectivity index (χ2v) is 4.49. The van der Waals surface area contributed by atoms with Crippen LogP contribution in [0.5, 0.6) is 0 Å². The minimum absolute atomic E-state index is 0.0152. The number of rotatable bonds is 5. The van der Waals surface area contributed by atoms with Crippen molar-refractivity contribution in [3.05, 3.63) is 0 Å². The van der Waals surface area contributed by atoms with Crippen LogP contribution in [0.1, 0.15) is 19.8 Å². The molecule has 0 aromatic rings. The van der Waals surface area contributed by atoms with E-state index in [0.29, 0.717) is 12.5 Å². The molecule has 94 valence electrons. The Morgan fingerprint density at radius 2 is 2.12 bits per heavy atom. The molecule has 0 saturated carbocycles. The Morgan fingerprint density at radius 1 is 1.38 bits per heavy atom. The first-order valence-corrected chi connectivity index (χ1v) is 5.87. The molecule has 0 bridgehead atoms. The van der Waals surface area contributed by atoms with Gasteiger partial charge in [-0.3, -0.25) is 9.69 Å². The van der Waals surface area contributed by atoms with E-state index in [-0.39, 0.29) is 25.2 Å². The summed E-state index contributed by atoms with van der Waals surface area (Å²) in [7, 11) is 0. The Balaban J connectivity index is 2.48. The van der Waals surface area contributed by atoms with Gasteiger partial charge in [-0.15, -0.1) is 0 Å². The number of aliphatic hydroxyl groups excluding tert-OH is 2. The Labute approximate surface area is 96.4 Å². The number of carbonyl (C=O) groups is 1. The topological polar surface area (TPSA) is 72.8 Å². The quantitative estimate of drug-likeness (QED) is 0.577. The first-order chi connectivity index (χ1) is 7.65. The number of aliphatic hydroxyl groups is 2. The van der Waals surface area contributed by atoms with Gasteiger partial charge in [0.1, 0.15) is 0 Å². The van der Waals surface area contributed by atoms with Crippen LogP contribution in [0.25, 0.3) is 0 Å². The number of amides is 1. The van der Waals surface area contributed by atoms with Crippen LogP contribution in [0.3, 0.4) is 0 Å². The molecule has 5 heteroatoms. The molecule has 2 atom stereocenters. The molecular weight excluding hydrogens is 208 g/mol. The molecule has 1 heterocycles. The van der Waals surface area contributed by atoms with Crippen LogP contribution in [-0.4, -0.2) is 59.9 Å². The van der Waals surface area contributed by atoms with Gasteiger partial charge in [-0.2, -0.15) is 0 Å². The van der Waals surface area contributed by atoms with E-state index >= 15 is 0 Å². The number of nitrogens with one attached hydrogen (secondary N) is 1. The Bertz CT molecular complexity index is 209. The van der Waals surface area contributed by atoms with E-state index < -0.39 is 0 Å². The van der Waals surface area contributed by atoms with E-state index in [4.69, 9.17) is 10.2 Å². The maximum Gasteiger partial charge on any atom is 0.217 e. The number of piperidine rings is 1. The first kappa shape index (κ1) is 13.4. The Hall–Kier alpha value is -0.650. The molecular formula is C11H22N2O3. The number of hydrogen-bond acceptors (Lipinski definition) is 4. The van der Waals surface area contributed by atoms with Gasteiger partial charge in [-0.05, 0) is 18.8 Å². The lowest BCUT2D eigenvalue weighted by Crippen LogP contribution is -2.51. The molecule has 1 aliphatic heterocycles. The monoisotopic (exact) mass is 230 g/mol. The van der Waals surface area contributed by atoms with Crippen LogP contribution >= 0.6 is 0 Å². The number of nitrogens with zero attached hydrogens (tertiary/aromatic N) is 1. The van der Waals surface area contributed by atoms with Gasteiger partial charge < -0.3 is 15.5 Å². The minimum atomic E-state index is -0.0152. The van der Waals surface area contributed by atoms with E-state index in [2.05, 4.69) is 10.2 Å². The lowest BCUT2D eigenvalue weighted by molar-refractivity contribution is -0.120. The van der Waals surface area contributed by atoms with Gasteiger partial charge in [0.25, 0.3) is 0 Å². The molecule has 1 fully saturated rings. The average Bonchev–Trinajstić information content (AvgIpc) is 2.17. The minimum Gasteiger partial charge on any atom is -0.396 e.